The van der Waals surface area contributed by atoms with Crippen LogP contribution in [0.5, 0.6) is 0 Å². The highest BCUT2D eigenvalue weighted by molar-refractivity contribution is 7.91. The maximum absolute atomic E-state index is 12.4. The molecule has 2 fully saturated rings. The van der Waals surface area contributed by atoms with E-state index in [0.29, 0.717) is 23.3 Å². The van der Waals surface area contributed by atoms with Crippen molar-refractivity contribution in [3.63, 3.8) is 0 Å². The Morgan fingerprint density at radius 1 is 1.19 bits per heavy atom. The number of rotatable bonds is 6. The molecule has 2 aliphatic rings. The summed E-state index contributed by atoms with van der Waals surface area (Å²) >= 11 is 0. The number of likely N-dealkylation sites (tertiary alicyclic amines) is 1. The maximum Gasteiger partial charge on any atom is 0.193 e. The molecule has 1 spiro atoms. The Labute approximate surface area is 157 Å². The second-order valence-corrected chi connectivity index (χ2v) is 9.71. The van der Waals surface area contributed by atoms with Crippen LogP contribution in [-0.4, -0.2) is 51.2 Å². The van der Waals surface area contributed by atoms with Crippen LogP contribution in [0.15, 0.2) is 40.2 Å². The Bertz CT molecular complexity index is 710. The van der Waals surface area contributed by atoms with Crippen molar-refractivity contribution in [3.8, 4) is 0 Å². The molecular weight excluding hydrogens is 346 g/mol. The van der Waals surface area contributed by atoms with Gasteiger partial charge in [-0.2, -0.15) is 0 Å². The van der Waals surface area contributed by atoms with Gasteiger partial charge in [0.2, 0.25) is 0 Å². The van der Waals surface area contributed by atoms with E-state index in [0.717, 1.165) is 25.6 Å². The molecule has 3 rings (SSSR count). The van der Waals surface area contributed by atoms with Crippen LogP contribution in [0.2, 0.25) is 0 Å². The molecule has 5 nitrogen and oxygen atoms in total. The lowest BCUT2D eigenvalue weighted by atomic mass is 9.86. The van der Waals surface area contributed by atoms with Crippen LogP contribution in [0, 0.1) is 5.41 Å². The van der Waals surface area contributed by atoms with Gasteiger partial charge in [-0.25, -0.2) is 8.42 Å². The third-order valence-corrected chi connectivity index (χ3v) is 7.49. The Kier molecular flexibility index (Phi) is 6.22. The smallest absolute Gasteiger partial charge is 0.193 e. The second-order valence-electron chi connectivity index (χ2n) is 7.60. The van der Waals surface area contributed by atoms with E-state index in [-0.39, 0.29) is 5.75 Å². The molecule has 1 N–H and O–H groups in total. The minimum absolute atomic E-state index is 0.143. The lowest BCUT2D eigenvalue weighted by Gasteiger charge is -2.26. The fourth-order valence-corrected chi connectivity index (χ4v) is 5.58. The molecule has 1 aromatic rings. The van der Waals surface area contributed by atoms with Gasteiger partial charge in [0.1, 0.15) is 0 Å². The van der Waals surface area contributed by atoms with Crippen LogP contribution in [0.3, 0.4) is 0 Å². The van der Waals surface area contributed by atoms with Crippen molar-refractivity contribution < 1.29 is 8.42 Å². The largest absolute Gasteiger partial charge is 0.357 e. The first-order chi connectivity index (χ1) is 12.5. The molecule has 0 atom stereocenters. The van der Waals surface area contributed by atoms with Gasteiger partial charge >= 0.3 is 0 Å². The van der Waals surface area contributed by atoms with Crippen LogP contribution in [0.25, 0.3) is 0 Å². The van der Waals surface area contributed by atoms with Gasteiger partial charge in [-0.05, 0) is 50.2 Å². The molecule has 0 radical (unpaired) electrons. The van der Waals surface area contributed by atoms with E-state index in [1.807, 2.05) is 6.07 Å². The minimum atomic E-state index is -3.21. The average molecular weight is 378 g/mol. The van der Waals surface area contributed by atoms with Gasteiger partial charge < -0.3 is 10.2 Å². The molecule has 1 heterocycles. The fraction of sp³-hybridized carbons (Fsp3) is 0.650. The maximum atomic E-state index is 12.4. The Balaban J connectivity index is 1.55. The summed E-state index contributed by atoms with van der Waals surface area (Å²) in [4.78, 5) is 7.49. The second kappa shape index (κ2) is 8.42. The summed E-state index contributed by atoms with van der Waals surface area (Å²) in [6.07, 6.45) is 7.22. The number of nitrogens with zero attached hydrogens (tertiary/aromatic N) is 2. The summed E-state index contributed by atoms with van der Waals surface area (Å²) < 4.78 is 24.7. The van der Waals surface area contributed by atoms with Crippen molar-refractivity contribution in [1.29, 1.82) is 0 Å². The van der Waals surface area contributed by atoms with E-state index in [9.17, 15) is 8.42 Å². The number of hydrogen-bond acceptors (Lipinski definition) is 3. The van der Waals surface area contributed by atoms with Gasteiger partial charge in [0, 0.05) is 26.2 Å². The summed E-state index contributed by atoms with van der Waals surface area (Å²) in [6.45, 7) is 5.62. The number of sulfone groups is 1. The van der Waals surface area contributed by atoms with Crippen LogP contribution in [0.1, 0.15) is 45.4 Å². The molecule has 0 unspecified atom stereocenters. The quantitative estimate of drug-likeness (QED) is 0.470. The van der Waals surface area contributed by atoms with Crippen molar-refractivity contribution in [3.05, 3.63) is 30.3 Å². The number of benzene rings is 1. The molecule has 6 heteroatoms. The van der Waals surface area contributed by atoms with Gasteiger partial charge in [0.15, 0.2) is 15.8 Å². The van der Waals surface area contributed by atoms with E-state index >= 15 is 0 Å². The van der Waals surface area contributed by atoms with Crippen molar-refractivity contribution in [1.82, 2.24) is 10.2 Å². The molecule has 0 bridgehead atoms. The summed E-state index contributed by atoms with van der Waals surface area (Å²) in [6, 6.07) is 8.68. The van der Waals surface area contributed by atoms with E-state index in [1.165, 1.54) is 32.1 Å². The van der Waals surface area contributed by atoms with Crippen molar-refractivity contribution in [2.45, 2.75) is 50.3 Å². The van der Waals surface area contributed by atoms with Gasteiger partial charge in [-0.1, -0.05) is 31.0 Å². The summed E-state index contributed by atoms with van der Waals surface area (Å²) in [5, 5.41) is 3.39. The molecule has 1 saturated heterocycles. The molecule has 1 saturated carbocycles. The topological polar surface area (TPSA) is 61.8 Å². The zero-order valence-electron chi connectivity index (χ0n) is 15.8. The highest BCUT2D eigenvalue weighted by Gasteiger charge is 2.41. The van der Waals surface area contributed by atoms with Crippen LogP contribution < -0.4 is 5.32 Å². The molecule has 1 aromatic carbocycles. The van der Waals surface area contributed by atoms with Gasteiger partial charge in [0.25, 0.3) is 0 Å². The Morgan fingerprint density at radius 3 is 2.62 bits per heavy atom. The molecular formula is C20H31N3O2S. The van der Waals surface area contributed by atoms with Crippen LogP contribution in [-0.2, 0) is 9.84 Å². The summed E-state index contributed by atoms with van der Waals surface area (Å²) in [7, 11) is -3.21. The lowest BCUT2D eigenvalue weighted by Crippen LogP contribution is -2.41. The zero-order valence-corrected chi connectivity index (χ0v) is 16.6. The number of aliphatic imine (C=N–C) groups is 1. The van der Waals surface area contributed by atoms with Crippen LogP contribution in [0.4, 0.5) is 0 Å². The number of guanidine groups is 1. The molecule has 1 aliphatic heterocycles. The first-order valence-electron chi connectivity index (χ1n) is 9.86. The standard InChI is InChI=1S/C20H31N3O2S/c1-2-21-19(23-15-13-20(17-23)11-6-7-12-20)22-14-8-16-26(24,25)18-9-4-3-5-10-18/h3-5,9-10H,2,6-8,11-17H2,1H3,(H,21,22). The van der Waals surface area contributed by atoms with E-state index in [4.69, 9.17) is 4.99 Å². The van der Waals surface area contributed by atoms with Crippen molar-refractivity contribution >= 4 is 15.8 Å². The minimum Gasteiger partial charge on any atom is -0.357 e. The summed E-state index contributed by atoms with van der Waals surface area (Å²) in [5.74, 6) is 1.09. The predicted octanol–water partition coefficient (Wildman–Crippen LogP) is 3.08. The fourth-order valence-electron chi connectivity index (χ4n) is 4.26. The van der Waals surface area contributed by atoms with E-state index in [1.54, 1.807) is 24.3 Å². The third-order valence-electron chi connectivity index (χ3n) is 5.67. The SMILES string of the molecule is CCNC(=NCCCS(=O)(=O)c1ccccc1)N1CCC2(CCCC2)C1. The number of nitrogens with one attached hydrogen (secondary N) is 1. The highest BCUT2D eigenvalue weighted by atomic mass is 32.2. The number of hydrogen-bond donors (Lipinski definition) is 1. The lowest BCUT2D eigenvalue weighted by molar-refractivity contribution is 0.309. The summed E-state index contributed by atoms with van der Waals surface area (Å²) in [5.41, 5.74) is 0.507. The molecule has 1 aliphatic carbocycles. The first-order valence-corrected chi connectivity index (χ1v) is 11.5. The monoisotopic (exact) mass is 377 g/mol. The van der Waals surface area contributed by atoms with Gasteiger partial charge in [-0.3, -0.25) is 4.99 Å². The van der Waals surface area contributed by atoms with Gasteiger partial charge in [0.05, 0.1) is 10.6 Å². The van der Waals surface area contributed by atoms with E-state index in [2.05, 4.69) is 17.1 Å². The Hall–Kier alpha value is -1.56. The predicted molar refractivity (Wildman–Crippen MR) is 106 cm³/mol. The average Bonchev–Trinajstić information content (AvgIpc) is 3.28. The first kappa shape index (κ1) is 19.2. The highest BCUT2D eigenvalue weighted by Crippen LogP contribution is 2.45. The third kappa shape index (κ3) is 4.58. The van der Waals surface area contributed by atoms with Crippen LogP contribution >= 0.6 is 0 Å². The van der Waals surface area contributed by atoms with E-state index < -0.39 is 9.84 Å². The van der Waals surface area contributed by atoms with Gasteiger partial charge in [-0.15, -0.1) is 0 Å². The molecule has 0 aromatic heterocycles. The molecule has 26 heavy (non-hydrogen) atoms. The van der Waals surface area contributed by atoms with Crippen molar-refractivity contribution in [2.24, 2.45) is 10.4 Å². The zero-order chi connectivity index (χ0) is 18.5. The normalized spacial score (nSPS) is 20.0. The molecule has 144 valence electrons. The Morgan fingerprint density at radius 2 is 1.92 bits per heavy atom. The molecule has 0 amide bonds. The van der Waals surface area contributed by atoms with Crippen molar-refractivity contribution in [2.75, 3.05) is 31.9 Å².